The van der Waals surface area contributed by atoms with Crippen LogP contribution in [-0.4, -0.2) is 44.4 Å². The summed E-state index contributed by atoms with van der Waals surface area (Å²) >= 11 is 0. The molecule has 2 rings (SSSR count). The van der Waals surface area contributed by atoms with Crippen LogP contribution in [0.15, 0.2) is 60.7 Å². The first kappa shape index (κ1) is 39.4. The Morgan fingerprint density at radius 3 is 0.932 bits per heavy atom. The Bertz CT molecular complexity index is 891. The van der Waals surface area contributed by atoms with Crippen molar-refractivity contribution in [3.8, 4) is 0 Å². The SMILES string of the molecule is CCCCP(CCCC)(CCCC)(Cc1ccccc1)OB(F)OP(CCCC)(CCCC)(CCCC)Cc1ccccc1. The van der Waals surface area contributed by atoms with Gasteiger partial charge in [-0.2, -0.15) is 0 Å². The van der Waals surface area contributed by atoms with Crippen LogP contribution in [0.3, 0.4) is 0 Å². The van der Waals surface area contributed by atoms with Gasteiger partial charge in [-0.05, 0) is 0 Å². The van der Waals surface area contributed by atoms with Gasteiger partial charge in [-0.3, -0.25) is 0 Å². The van der Waals surface area contributed by atoms with Crippen LogP contribution < -0.4 is 0 Å². The molecule has 0 spiro atoms. The Balaban J connectivity index is 2.73. The quantitative estimate of drug-likeness (QED) is 0.0747. The molecule has 2 aromatic rings. The van der Waals surface area contributed by atoms with E-state index in [9.17, 15) is 0 Å². The number of rotatable bonds is 26. The molecule has 0 bridgehead atoms. The van der Waals surface area contributed by atoms with E-state index in [2.05, 4.69) is 102 Å². The van der Waals surface area contributed by atoms with Crippen molar-refractivity contribution in [1.82, 2.24) is 0 Å². The van der Waals surface area contributed by atoms with Gasteiger partial charge in [0.15, 0.2) is 0 Å². The van der Waals surface area contributed by atoms with Crippen molar-refractivity contribution in [3.63, 3.8) is 0 Å². The van der Waals surface area contributed by atoms with Gasteiger partial charge in [0.2, 0.25) is 0 Å². The first-order valence-corrected chi connectivity index (χ1v) is 24.1. The van der Waals surface area contributed by atoms with Crippen LogP contribution in [0.25, 0.3) is 0 Å². The van der Waals surface area contributed by atoms with Crippen molar-refractivity contribution >= 4 is 21.1 Å². The summed E-state index contributed by atoms with van der Waals surface area (Å²) < 4.78 is 32.0. The average molecular weight is 649 g/mol. The van der Waals surface area contributed by atoms with E-state index in [4.69, 9.17) is 8.88 Å². The monoisotopic (exact) mass is 648 g/mol. The summed E-state index contributed by atoms with van der Waals surface area (Å²) in [4.78, 5) is 0. The van der Waals surface area contributed by atoms with Crippen LogP contribution in [-0.2, 0) is 21.2 Å². The molecule has 0 saturated heterocycles. The van der Waals surface area contributed by atoms with Gasteiger partial charge in [-0.25, -0.2) is 0 Å². The van der Waals surface area contributed by atoms with E-state index in [-0.39, 0.29) is 0 Å². The number of benzene rings is 2. The van der Waals surface area contributed by atoms with E-state index >= 15 is 4.32 Å². The molecule has 0 atom stereocenters. The van der Waals surface area contributed by atoms with Crippen molar-refractivity contribution in [2.75, 3.05) is 37.0 Å². The number of hydrogen-bond donors (Lipinski definition) is 0. The van der Waals surface area contributed by atoms with Crippen molar-refractivity contribution < 1.29 is 13.2 Å². The van der Waals surface area contributed by atoms with Crippen LogP contribution in [0.5, 0.6) is 0 Å². The van der Waals surface area contributed by atoms with E-state index in [1.807, 2.05) is 0 Å². The first-order chi connectivity index (χ1) is 21.2. The molecule has 0 aromatic heterocycles. The summed E-state index contributed by atoms with van der Waals surface area (Å²) in [5, 5.41) is 0. The van der Waals surface area contributed by atoms with Crippen LogP contribution in [0, 0.1) is 0 Å². The van der Waals surface area contributed by atoms with Gasteiger partial charge < -0.3 is 0 Å². The number of unbranched alkanes of at least 4 members (excludes halogenated alkanes) is 6. The summed E-state index contributed by atoms with van der Waals surface area (Å²) in [7, 11) is -1.67. The fraction of sp³-hybridized carbons (Fsp3) is 0.684. The molecule has 0 saturated carbocycles. The van der Waals surface area contributed by atoms with Gasteiger partial charge in [0.25, 0.3) is 0 Å². The molecule has 0 aliphatic heterocycles. The van der Waals surface area contributed by atoms with E-state index < -0.39 is 21.1 Å². The Kier molecular flexibility index (Phi) is 17.7. The fourth-order valence-corrected chi connectivity index (χ4v) is 20.6. The minimum atomic E-state index is -3.03. The van der Waals surface area contributed by atoms with E-state index in [1.54, 1.807) is 0 Å². The van der Waals surface area contributed by atoms with Gasteiger partial charge in [0, 0.05) is 0 Å². The molecule has 0 amide bonds. The van der Waals surface area contributed by atoms with E-state index in [0.29, 0.717) is 0 Å². The molecule has 44 heavy (non-hydrogen) atoms. The molecule has 0 aliphatic rings. The van der Waals surface area contributed by atoms with Crippen LogP contribution in [0.1, 0.15) is 130 Å². The van der Waals surface area contributed by atoms with Crippen molar-refractivity contribution in [2.45, 2.75) is 131 Å². The third-order valence-electron chi connectivity index (χ3n) is 10.1. The Labute approximate surface area is 273 Å². The van der Waals surface area contributed by atoms with Crippen LogP contribution >= 0.6 is 13.7 Å². The zero-order valence-electron chi connectivity index (χ0n) is 29.6. The normalized spacial score (nSPS) is 14.1. The van der Waals surface area contributed by atoms with Crippen LogP contribution in [0.2, 0.25) is 0 Å². The topological polar surface area (TPSA) is 18.5 Å². The van der Waals surface area contributed by atoms with Crippen molar-refractivity contribution in [2.24, 2.45) is 0 Å². The third kappa shape index (κ3) is 11.8. The van der Waals surface area contributed by atoms with Crippen LogP contribution in [0.4, 0.5) is 4.32 Å². The van der Waals surface area contributed by atoms with E-state index in [0.717, 1.165) is 126 Å². The molecule has 0 heterocycles. The van der Waals surface area contributed by atoms with Crippen molar-refractivity contribution in [3.05, 3.63) is 71.8 Å². The molecular weight excluding hydrogens is 580 g/mol. The molecule has 252 valence electrons. The Morgan fingerprint density at radius 1 is 0.455 bits per heavy atom. The fourth-order valence-electron chi connectivity index (χ4n) is 7.46. The first-order valence-electron chi connectivity index (χ1n) is 18.4. The average Bonchev–Trinajstić information content (AvgIpc) is 3.04. The Morgan fingerprint density at radius 2 is 0.705 bits per heavy atom. The standard InChI is InChI=1S/C38H68BFO2P2/c1-7-13-29-43(30-14-8-2,31-15-9-3,35-37-25-21-19-22-26-37)41-39(40)42-44(32-16-10-4,33-17-11-5,34-18-12-6)36-38-27-23-20-24-28-38/h19-28H,7-18,29-36H2,1-6H3. The van der Waals surface area contributed by atoms with Gasteiger partial charge in [-0.1, -0.05) is 0 Å². The summed E-state index contributed by atoms with van der Waals surface area (Å²) in [6.45, 7) is 7.56. The molecule has 0 fully saturated rings. The molecule has 6 heteroatoms. The van der Waals surface area contributed by atoms with Gasteiger partial charge >= 0.3 is 274 Å². The van der Waals surface area contributed by atoms with Gasteiger partial charge in [0.1, 0.15) is 0 Å². The third-order valence-corrected chi connectivity index (χ3v) is 22.6. The summed E-state index contributed by atoms with van der Waals surface area (Å²) in [5.74, 6) is 0. The second-order valence-corrected chi connectivity index (χ2v) is 25.1. The molecule has 0 unspecified atom stereocenters. The maximum absolute atomic E-state index is 17.5. The zero-order valence-corrected chi connectivity index (χ0v) is 31.4. The summed E-state index contributed by atoms with van der Waals surface area (Å²) in [5.41, 5.74) is 2.59. The Hall–Kier alpha value is -0.785. The molecule has 0 radical (unpaired) electrons. The molecule has 2 aromatic carbocycles. The molecule has 0 aliphatic carbocycles. The summed E-state index contributed by atoms with van der Waals surface area (Å²) in [6.07, 6.45) is 20.8. The second kappa shape index (κ2) is 19.8. The molecular formula is C38H68BFO2P2. The van der Waals surface area contributed by atoms with Crippen molar-refractivity contribution in [1.29, 1.82) is 0 Å². The maximum atomic E-state index is 17.5. The second-order valence-electron chi connectivity index (χ2n) is 14.0. The van der Waals surface area contributed by atoms with Gasteiger partial charge in [-0.15, -0.1) is 0 Å². The van der Waals surface area contributed by atoms with E-state index in [1.165, 1.54) is 11.1 Å². The predicted molar refractivity (Wildman–Crippen MR) is 202 cm³/mol. The molecule has 0 N–H and O–H groups in total. The predicted octanol–water partition coefficient (Wildman–Crippen LogP) is 13.1. The number of halogens is 1. The van der Waals surface area contributed by atoms with Gasteiger partial charge in [0.05, 0.1) is 0 Å². The zero-order chi connectivity index (χ0) is 32.3. The summed E-state index contributed by atoms with van der Waals surface area (Å²) in [6, 6.07) is 21.7. The molecule has 2 nitrogen and oxygen atoms in total. The number of hydrogen-bond acceptors (Lipinski definition) is 2. The minimum absolute atomic E-state index is 0.865.